The van der Waals surface area contributed by atoms with E-state index in [9.17, 15) is 4.79 Å². The molecule has 0 aliphatic carbocycles. The van der Waals surface area contributed by atoms with E-state index in [1.54, 1.807) is 0 Å². The third kappa shape index (κ3) is 1.25. The zero-order valence-corrected chi connectivity index (χ0v) is 5.60. The number of aliphatic hydroxyl groups is 2. The minimum Gasteiger partial charge on any atom is -0.479 e. The first kappa shape index (κ1) is 8.19. The highest BCUT2D eigenvalue weighted by Crippen LogP contribution is 2.23. The Balaban J connectivity index is 2.75. The highest BCUT2D eigenvalue weighted by molar-refractivity contribution is 5.77. The van der Waals surface area contributed by atoms with Crippen LogP contribution in [0.5, 0.6) is 0 Å². The number of hydrogen-bond donors (Lipinski definition) is 3. The number of aliphatic carboxylic acids is 1. The van der Waals surface area contributed by atoms with Crippen LogP contribution in [0.25, 0.3) is 0 Å². The fourth-order valence-electron chi connectivity index (χ4n) is 0.856. The van der Waals surface area contributed by atoms with Crippen molar-refractivity contribution in [3.05, 3.63) is 12.2 Å². The maximum Gasteiger partial charge on any atom is 0.337 e. The molecule has 0 bridgehead atoms. The van der Waals surface area contributed by atoms with E-state index in [1.807, 2.05) is 0 Å². The van der Waals surface area contributed by atoms with E-state index in [-0.39, 0.29) is 5.57 Å². The minimum absolute atomic E-state index is 0.0231. The summed E-state index contributed by atoms with van der Waals surface area (Å²) in [5.74, 6) is -1.26. The topological polar surface area (TPSA) is 87.0 Å². The molecule has 3 N–H and O–H groups in total. The van der Waals surface area contributed by atoms with Crippen molar-refractivity contribution in [2.24, 2.45) is 0 Å². The second-order valence-corrected chi connectivity index (χ2v) is 2.26. The molecule has 5 heteroatoms. The Kier molecular flexibility index (Phi) is 1.95. The van der Waals surface area contributed by atoms with E-state index in [1.165, 1.54) is 0 Å². The average Bonchev–Trinajstić information content (AvgIpc) is 2.17. The summed E-state index contributed by atoms with van der Waals surface area (Å²) in [7, 11) is 0. The molecular weight excluding hydrogens is 152 g/mol. The number of carbonyl (C=O) groups is 1. The zero-order valence-electron chi connectivity index (χ0n) is 5.60. The summed E-state index contributed by atoms with van der Waals surface area (Å²) in [6, 6.07) is 0. The highest BCUT2D eigenvalue weighted by Gasteiger charge is 2.40. The predicted octanol–water partition coefficient (Wildman–Crippen LogP) is -1.29. The van der Waals surface area contributed by atoms with Crippen molar-refractivity contribution in [3.63, 3.8) is 0 Å². The Morgan fingerprint density at radius 1 is 1.55 bits per heavy atom. The van der Waals surface area contributed by atoms with Crippen molar-refractivity contribution in [2.75, 3.05) is 0 Å². The van der Waals surface area contributed by atoms with Gasteiger partial charge in [0, 0.05) is 0 Å². The van der Waals surface area contributed by atoms with E-state index in [2.05, 4.69) is 11.3 Å². The van der Waals surface area contributed by atoms with Gasteiger partial charge in [-0.3, -0.25) is 0 Å². The van der Waals surface area contributed by atoms with E-state index >= 15 is 0 Å². The number of aliphatic hydroxyl groups excluding tert-OH is 2. The largest absolute Gasteiger partial charge is 0.479 e. The summed E-state index contributed by atoms with van der Waals surface area (Å²) < 4.78 is 4.45. The Morgan fingerprint density at radius 2 is 2.09 bits per heavy atom. The van der Waals surface area contributed by atoms with Gasteiger partial charge < -0.3 is 20.1 Å². The van der Waals surface area contributed by atoms with Crippen molar-refractivity contribution in [1.29, 1.82) is 0 Å². The van der Waals surface area contributed by atoms with Crippen LogP contribution in [0.15, 0.2) is 12.2 Å². The Labute approximate surface area is 62.5 Å². The van der Waals surface area contributed by atoms with Crippen LogP contribution in [0.4, 0.5) is 0 Å². The van der Waals surface area contributed by atoms with Crippen LogP contribution in [0, 0.1) is 0 Å². The summed E-state index contributed by atoms with van der Waals surface area (Å²) in [5.41, 5.74) is -0.0231. The molecule has 1 saturated heterocycles. The summed E-state index contributed by atoms with van der Waals surface area (Å²) >= 11 is 0. The lowest BCUT2D eigenvalue weighted by molar-refractivity contribution is -0.163. The smallest absolute Gasteiger partial charge is 0.337 e. The molecule has 1 unspecified atom stereocenters. The molecule has 1 aliphatic heterocycles. The Morgan fingerprint density at radius 3 is 2.27 bits per heavy atom. The van der Waals surface area contributed by atoms with Crippen LogP contribution >= 0.6 is 0 Å². The Bertz CT molecular complexity index is 199. The second-order valence-electron chi connectivity index (χ2n) is 2.26. The van der Waals surface area contributed by atoms with Gasteiger partial charge >= 0.3 is 5.97 Å². The van der Waals surface area contributed by atoms with Crippen LogP contribution < -0.4 is 0 Å². The zero-order chi connectivity index (χ0) is 8.59. The number of hydrogen-bond acceptors (Lipinski definition) is 4. The highest BCUT2D eigenvalue weighted by atomic mass is 16.6. The minimum atomic E-state index is -1.47. The molecule has 62 valence electrons. The lowest BCUT2D eigenvalue weighted by Gasteiger charge is -2.03. The van der Waals surface area contributed by atoms with Gasteiger partial charge in [-0.1, -0.05) is 6.58 Å². The summed E-state index contributed by atoms with van der Waals surface area (Å²) in [5, 5.41) is 26.1. The van der Waals surface area contributed by atoms with Crippen LogP contribution in [-0.2, 0) is 9.53 Å². The maximum atomic E-state index is 10.3. The van der Waals surface area contributed by atoms with Crippen molar-refractivity contribution >= 4 is 5.97 Å². The number of ether oxygens (including phenoxy) is 1. The maximum absolute atomic E-state index is 10.3. The van der Waals surface area contributed by atoms with E-state index in [4.69, 9.17) is 15.3 Å². The van der Waals surface area contributed by atoms with Gasteiger partial charge in [0.2, 0.25) is 0 Å². The first-order valence-electron chi connectivity index (χ1n) is 2.97. The standard InChI is InChI=1S/C6H8O5/c1-2-3(7)6(10)11-4(2)5(8)9/h3-4,6-7,10H,1H2,(H,8,9)/t3?,4-,6+/m0/s1. The van der Waals surface area contributed by atoms with Gasteiger partial charge in [0.15, 0.2) is 12.4 Å². The Hall–Kier alpha value is -0.910. The lowest BCUT2D eigenvalue weighted by atomic mass is 10.1. The van der Waals surface area contributed by atoms with Crippen molar-refractivity contribution < 1.29 is 24.9 Å². The molecule has 0 spiro atoms. The molecule has 5 nitrogen and oxygen atoms in total. The van der Waals surface area contributed by atoms with E-state index in [0.717, 1.165) is 0 Å². The van der Waals surface area contributed by atoms with Gasteiger partial charge in [-0.15, -0.1) is 0 Å². The molecule has 0 saturated carbocycles. The third-order valence-corrected chi connectivity index (χ3v) is 1.49. The number of carboxylic acids is 1. The summed E-state index contributed by atoms with van der Waals surface area (Å²) in [4.78, 5) is 10.3. The van der Waals surface area contributed by atoms with Crippen LogP contribution in [0.2, 0.25) is 0 Å². The number of rotatable bonds is 1. The van der Waals surface area contributed by atoms with Gasteiger partial charge in [-0.2, -0.15) is 0 Å². The van der Waals surface area contributed by atoms with E-state index in [0.29, 0.717) is 0 Å². The van der Waals surface area contributed by atoms with Crippen LogP contribution in [-0.4, -0.2) is 39.8 Å². The summed E-state index contributed by atoms with van der Waals surface area (Å²) in [6.45, 7) is 3.27. The summed E-state index contributed by atoms with van der Waals surface area (Å²) in [6.07, 6.45) is -4.06. The molecule has 11 heavy (non-hydrogen) atoms. The molecule has 3 atom stereocenters. The van der Waals surface area contributed by atoms with Crippen LogP contribution in [0.3, 0.4) is 0 Å². The fourth-order valence-corrected chi connectivity index (χ4v) is 0.856. The van der Waals surface area contributed by atoms with E-state index < -0.39 is 24.5 Å². The average molecular weight is 160 g/mol. The molecular formula is C6H8O5. The normalized spacial score (nSPS) is 37.6. The molecule has 1 rings (SSSR count). The first-order chi connectivity index (χ1) is 5.04. The van der Waals surface area contributed by atoms with Gasteiger partial charge in [0.25, 0.3) is 0 Å². The van der Waals surface area contributed by atoms with Gasteiger partial charge in [0.05, 0.1) is 0 Å². The monoisotopic (exact) mass is 160 g/mol. The molecule has 0 aromatic heterocycles. The van der Waals surface area contributed by atoms with Crippen molar-refractivity contribution in [1.82, 2.24) is 0 Å². The van der Waals surface area contributed by atoms with Gasteiger partial charge in [-0.05, 0) is 5.57 Å². The van der Waals surface area contributed by atoms with Gasteiger partial charge in [0.1, 0.15) is 6.10 Å². The molecule has 0 aromatic carbocycles. The van der Waals surface area contributed by atoms with Crippen molar-refractivity contribution in [2.45, 2.75) is 18.5 Å². The molecule has 0 radical (unpaired) electrons. The first-order valence-corrected chi connectivity index (χ1v) is 2.97. The lowest BCUT2D eigenvalue weighted by Crippen LogP contribution is -2.21. The third-order valence-electron chi connectivity index (χ3n) is 1.49. The van der Waals surface area contributed by atoms with Crippen LogP contribution in [0.1, 0.15) is 0 Å². The molecule has 1 fully saturated rings. The molecule has 1 heterocycles. The second kappa shape index (κ2) is 2.61. The number of carboxylic acid groups (broad SMARTS) is 1. The molecule has 0 amide bonds. The quantitative estimate of drug-likeness (QED) is 0.415. The SMILES string of the molecule is C=C1C(O)[C@H](O)O[C@@H]1C(=O)O. The predicted molar refractivity (Wildman–Crippen MR) is 33.7 cm³/mol. The van der Waals surface area contributed by atoms with Crippen molar-refractivity contribution in [3.8, 4) is 0 Å². The molecule has 1 aliphatic rings. The van der Waals surface area contributed by atoms with Gasteiger partial charge in [-0.25, -0.2) is 4.79 Å². The fraction of sp³-hybridized carbons (Fsp3) is 0.500. The molecule has 0 aromatic rings.